The lowest BCUT2D eigenvalue weighted by molar-refractivity contribution is 0.698. The van der Waals surface area contributed by atoms with Gasteiger partial charge in [-0.05, 0) is 18.6 Å². The number of rotatable bonds is 0. The average molecular weight is 206 g/mol. The van der Waals surface area contributed by atoms with Gasteiger partial charge in [-0.2, -0.15) is 17.0 Å². The summed E-state index contributed by atoms with van der Waals surface area (Å²) in [5, 5.41) is 8.64. The summed E-state index contributed by atoms with van der Waals surface area (Å²) >= 11 is 5.27. The SMILES string of the molecule is N#CC1(Br)CCCSC1. The first-order valence-electron chi connectivity index (χ1n) is 2.95. The van der Waals surface area contributed by atoms with Crippen LogP contribution in [0.15, 0.2) is 0 Å². The molecule has 0 aromatic rings. The van der Waals surface area contributed by atoms with Crippen LogP contribution in [0.4, 0.5) is 0 Å². The molecule has 1 unspecified atom stereocenters. The van der Waals surface area contributed by atoms with Crippen molar-refractivity contribution in [2.45, 2.75) is 17.2 Å². The predicted molar refractivity (Wildman–Crippen MR) is 43.8 cm³/mol. The number of alkyl halides is 1. The summed E-state index contributed by atoms with van der Waals surface area (Å²) in [7, 11) is 0. The van der Waals surface area contributed by atoms with Crippen molar-refractivity contribution in [1.82, 2.24) is 0 Å². The monoisotopic (exact) mass is 205 g/mol. The summed E-state index contributed by atoms with van der Waals surface area (Å²) in [6.07, 6.45) is 2.18. The summed E-state index contributed by atoms with van der Waals surface area (Å²) in [5.41, 5.74) is 0. The van der Waals surface area contributed by atoms with Gasteiger partial charge in [0.05, 0.1) is 6.07 Å². The molecule has 50 valence electrons. The summed E-state index contributed by atoms with van der Waals surface area (Å²) in [5.74, 6) is 2.17. The molecular formula is C6H8BrNS. The highest BCUT2D eigenvalue weighted by molar-refractivity contribution is 9.10. The van der Waals surface area contributed by atoms with E-state index in [1.54, 1.807) is 0 Å². The van der Waals surface area contributed by atoms with Gasteiger partial charge in [0.15, 0.2) is 0 Å². The topological polar surface area (TPSA) is 23.8 Å². The maximum Gasteiger partial charge on any atom is 0.121 e. The van der Waals surface area contributed by atoms with Crippen molar-refractivity contribution in [3.8, 4) is 6.07 Å². The van der Waals surface area contributed by atoms with Gasteiger partial charge in [0.2, 0.25) is 0 Å². The van der Waals surface area contributed by atoms with Crippen LogP contribution in [0.5, 0.6) is 0 Å². The van der Waals surface area contributed by atoms with Crippen molar-refractivity contribution in [1.29, 1.82) is 5.26 Å². The molecule has 0 radical (unpaired) electrons. The lowest BCUT2D eigenvalue weighted by Gasteiger charge is -2.23. The second-order valence-corrected chi connectivity index (χ2v) is 4.86. The van der Waals surface area contributed by atoms with Gasteiger partial charge in [-0.25, -0.2) is 0 Å². The minimum absolute atomic E-state index is 0.198. The van der Waals surface area contributed by atoms with Crippen molar-refractivity contribution in [2.75, 3.05) is 11.5 Å². The van der Waals surface area contributed by atoms with Gasteiger partial charge in [0.25, 0.3) is 0 Å². The summed E-state index contributed by atoms with van der Waals surface area (Å²) < 4.78 is -0.198. The van der Waals surface area contributed by atoms with Crippen LogP contribution >= 0.6 is 27.7 Å². The molecule has 1 saturated heterocycles. The van der Waals surface area contributed by atoms with Crippen molar-refractivity contribution in [3.63, 3.8) is 0 Å². The fourth-order valence-corrected chi connectivity index (χ4v) is 2.64. The van der Waals surface area contributed by atoms with Crippen LogP contribution in [0.25, 0.3) is 0 Å². The van der Waals surface area contributed by atoms with Gasteiger partial charge >= 0.3 is 0 Å². The highest BCUT2D eigenvalue weighted by atomic mass is 79.9. The Hall–Kier alpha value is 0.320. The van der Waals surface area contributed by atoms with Crippen LogP contribution in [0.2, 0.25) is 0 Å². The van der Waals surface area contributed by atoms with E-state index in [2.05, 4.69) is 22.0 Å². The van der Waals surface area contributed by atoms with Gasteiger partial charge in [-0.3, -0.25) is 0 Å². The fourth-order valence-electron chi connectivity index (χ4n) is 0.849. The zero-order chi connectivity index (χ0) is 6.74. The highest BCUT2D eigenvalue weighted by Gasteiger charge is 2.28. The molecule has 1 atom stereocenters. The standard InChI is InChI=1S/C6H8BrNS/c7-6(4-8)2-1-3-9-5-6/h1-3,5H2. The Morgan fingerprint density at radius 1 is 1.67 bits per heavy atom. The molecule has 0 spiro atoms. The van der Waals surface area contributed by atoms with E-state index in [-0.39, 0.29) is 4.32 Å². The number of nitriles is 1. The fraction of sp³-hybridized carbons (Fsp3) is 0.833. The number of nitrogens with zero attached hydrogens (tertiary/aromatic N) is 1. The second kappa shape index (κ2) is 2.94. The predicted octanol–water partition coefficient (Wildman–Crippen LogP) is 2.17. The molecule has 9 heavy (non-hydrogen) atoms. The van der Waals surface area contributed by atoms with E-state index in [0.29, 0.717) is 0 Å². The van der Waals surface area contributed by atoms with Gasteiger partial charge in [-0.1, -0.05) is 15.9 Å². The van der Waals surface area contributed by atoms with Crippen LogP contribution in [-0.4, -0.2) is 15.8 Å². The quantitative estimate of drug-likeness (QED) is 0.567. The molecule has 1 aliphatic heterocycles. The first-order valence-corrected chi connectivity index (χ1v) is 4.89. The maximum atomic E-state index is 8.64. The number of hydrogen-bond donors (Lipinski definition) is 0. The van der Waals surface area contributed by atoms with E-state index >= 15 is 0 Å². The minimum atomic E-state index is -0.198. The summed E-state index contributed by atoms with van der Waals surface area (Å²) in [6, 6.07) is 2.28. The Labute approximate surface area is 67.9 Å². The molecule has 3 heteroatoms. The molecule has 1 heterocycles. The maximum absolute atomic E-state index is 8.64. The van der Waals surface area contributed by atoms with Crippen LogP contribution in [0.1, 0.15) is 12.8 Å². The van der Waals surface area contributed by atoms with Gasteiger partial charge < -0.3 is 0 Å². The van der Waals surface area contributed by atoms with E-state index in [1.165, 1.54) is 12.2 Å². The Balaban J connectivity index is 2.49. The molecule has 0 aromatic carbocycles. The molecular weight excluding hydrogens is 198 g/mol. The van der Waals surface area contributed by atoms with E-state index in [9.17, 15) is 0 Å². The highest BCUT2D eigenvalue weighted by Crippen LogP contribution is 2.33. The van der Waals surface area contributed by atoms with Crippen LogP contribution in [0, 0.1) is 11.3 Å². The Morgan fingerprint density at radius 3 is 2.78 bits per heavy atom. The number of halogens is 1. The first kappa shape index (κ1) is 7.43. The minimum Gasteiger partial charge on any atom is -0.197 e. The molecule has 0 saturated carbocycles. The lowest BCUT2D eigenvalue weighted by Crippen LogP contribution is -2.25. The number of thioether (sulfide) groups is 1. The molecule has 0 amide bonds. The molecule has 0 aromatic heterocycles. The Bertz CT molecular complexity index is 134. The zero-order valence-corrected chi connectivity index (χ0v) is 7.46. The molecule has 0 bridgehead atoms. The molecule has 0 N–H and O–H groups in total. The van der Waals surface area contributed by atoms with Gasteiger partial charge in [-0.15, -0.1) is 0 Å². The van der Waals surface area contributed by atoms with Gasteiger partial charge in [0, 0.05) is 5.75 Å². The van der Waals surface area contributed by atoms with Crippen molar-refractivity contribution < 1.29 is 0 Å². The molecule has 1 rings (SSSR count). The number of hydrogen-bond acceptors (Lipinski definition) is 2. The van der Waals surface area contributed by atoms with E-state index < -0.39 is 0 Å². The van der Waals surface area contributed by atoms with Crippen LogP contribution in [-0.2, 0) is 0 Å². The zero-order valence-electron chi connectivity index (χ0n) is 5.06. The van der Waals surface area contributed by atoms with Gasteiger partial charge in [0.1, 0.15) is 4.32 Å². The van der Waals surface area contributed by atoms with Crippen molar-refractivity contribution in [2.24, 2.45) is 0 Å². The molecule has 1 fully saturated rings. The molecule has 1 nitrogen and oxygen atoms in total. The molecule has 0 aliphatic carbocycles. The van der Waals surface area contributed by atoms with E-state index in [1.807, 2.05) is 11.8 Å². The summed E-state index contributed by atoms with van der Waals surface area (Å²) in [4.78, 5) is 0. The summed E-state index contributed by atoms with van der Waals surface area (Å²) in [6.45, 7) is 0. The largest absolute Gasteiger partial charge is 0.197 e. The van der Waals surface area contributed by atoms with E-state index in [4.69, 9.17) is 5.26 Å². The second-order valence-electron chi connectivity index (χ2n) is 2.23. The third-order valence-electron chi connectivity index (χ3n) is 1.39. The third kappa shape index (κ3) is 1.87. The lowest BCUT2D eigenvalue weighted by atomic mass is 10.1. The van der Waals surface area contributed by atoms with Crippen LogP contribution < -0.4 is 0 Å². The Morgan fingerprint density at radius 2 is 2.44 bits per heavy atom. The third-order valence-corrected chi connectivity index (χ3v) is 3.89. The van der Waals surface area contributed by atoms with Crippen LogP contribution in [0.3, 0.4) is 0 Å². The van der Waals surface area contributed by atoms with Crippen molar-refractivity contribution >= 4 is 27.7 Å². The van der Waals surface area contributed by atoms with E-state index in [0.717, 1.165) is 12.2 Å². The Kier molecular flexibility index (Phi) is 2.42. The van der Waals surface area contributed by atoms with Crippen molar-refractivity contribution in [3.05, 3.63) is 0 Å². The smallest absolute Gasteiger partial charge is 0.121 e. The normalized spacial score (nSPS) is 35.6. The average Bonchev–Trinajstić information content (AvgIpc) is 1.90. The molecule has 1 aliphatic rings. The first-order chi connectivity index (χ1) is 4.27.